The summed E-state index contributed by atoms with van der Waals surface area (Å²) < 4.78 is 28.8. The molecule has 3 aromatic rings. The minimum absolute atomic E-state index is 0.00467. The lowest BCUT2D eigenvalue weighted by Gasteiger charge is -2.16. The summed E-state index contributed by atoms with van der Waals surface area (Å²) in [7, 11) is -3.38. The second-order valence-electron chi connectivity index (χ2n) is 6.63. The van der Waals surface area contributed by atoms with E-state index < -0.39 is 10.0 Å². The Balaban J connectivity index is 1.45. The molecular formula is C19H19ClN4O2S. The highest BCUT2D eigenvalue weighted by atomic mass is 35.5. The molecule has 0 saturated carbocycles. The summed E-state index contributed by atoms with van der Waals surface area (Å²) in [5.41, 5.74) is 2.52. The van der Waals surface area contributed by atoms with E-state index in [0.29, 0.717) is 18.1 Å². The number of rotatable bonds is 5. The van der Waals surface area contributed by atoms with Crippen molar-refractivity contribution in [3.63, 3.8) is 0 Å². The Bertz CT molecular complexity index is 1020. The molecule has 1 aliphatic rings. The van der Waals surface area contributed by atoms with E-state index in [-0.39, 0.29) is 11.8 Å². The molecule has 0 aliphatic carbocycles. The van der Waals surface area contributed by atoms with E-state index in [9.17, 15) is 8.42 Å². The van der Waals surface area contributed by atoms with Gasteiger partial charge in [0.15, 0.2) is 0 Å². The molecule has 4 rings (SSSR count). The fourth-order valence-electron chi connectivity index (χ4n) is 3.26. The summed E-state index contributed by atoms with van der Waals surface area (Å²) in [4.78, 5) is 0. The van der Waals surface area contributed by atoms with Crippen LogP contribution in [0.1, 0.15) is 18.0 Å². The summed E-state index contributed by atoms with van der Waals surface area (Å²) >= 11 is 5.87. The van der Waals surface area contributed by atoms with Crippen molar-refractivity contribution < 1.29 is 8.42 Å². The number of hydrogen-bond donors (Lipinski definition) is 0. The van der Waals surface area contributed by atoms with E-state index >= 15 is 0 Å². The van der Waals surface area contributed by atoms with Gasteiger partial charge < -0.3 is 0 Å². The Kier molecular flexibility index (Phi) is 4.99. The third-order valence-corrected chi connectivity index (χ3v) is 6.80. The van der Waals surface area contributed by atoms with Crippen LogP contribution in [0.25, 0.3) is 11.3 Å². The van der Waals surface area contributed by atoms with Crippen LogP contribution >= 0.6 is 11.6 Å². The van der Waals surface area contributed by atoms with E-state index in [1.165, 1.54) is 4.31 Å². The second kappa shape index (κ2) is 7.42. The Morgan fingerprint density at radius 3 is 2.56 bits per heavy atom. The van der Waals surface area contributed by atoms with Crippen molar-refractivity contribution in [1.82, 2.24) is 19.3 Å². The Morgan fingerprint density at radius 2 is 1.81 bits per heavy atom. The van der Waals surface area contributed by atoms with Crippen molar-refractivity contribution in [2.75, 3.05) is 13.1 Å². The van der Waals surface area contributed by atoms with Crippen LogP contribution in [0.5, 0.6) is 0 Å². The largest absolute Gasteiger partial charge is 0.247 e. The van der Waals surface area contributed by atoms with E-state index in [1.54, 1.807) is 28.9 Å². The number of nitrogens with zero attached hydrogens (tertiary/aromatic N) is 4. The van der Waals surface area contributed by atoms with Gasteiger partial charge >= 0.3 is 0 Å². The van der Waals surface area contributed by atoms with E-state index in [2.05, 4.69) is 10.3 Å². The van der Waals surface area contributed by atoms with Crippen LogP contribution in [0.4, 0.5) is 0 Å². The molecule has 1 aromatic heterocycles. The summed E-state index contributed by atoms with van der Waals surface area (Å²) in [5.74, 6) is -0.0243. The minimum Gasteiger partial charge on any atom is -0.247 e. The van der Waals surface area contributed by atoms with Gasteiger partial charge in [-0.25, -0.2) is 13.1 Å². The first-order valence-electron chi connectivity index (χ1n) is 8.71. The van der Waals surface area contributed by atoms with E-state index in [1.807, 2.05) is 36.5 Å². The predicted molar refractivity (Wildman–Crippen MR) is 105 cm³/mol. The minimum atomic E-state index is -3.38. The van der Waals surface area contributed by atoms with Gasteiger partial charge in [0.25, 0.3) is 0 Å². The summed E-state index contributed by atoms with van der Waals surface area (Å²) in [6.07, 6.45) is 2.60. The van der Waals surface area contributed by atoms with Gasteiger partial charge in [-0.1, -0.05) is 59.3 Å². The molecule has 1 aliphatic heterocycles. The highest BCUT2D eigenvalue weighted by Gasteiger charge is 2.33. The van der Waals surface area contributed by atoms with Gasteiger partial charge in [-0.15, -0.1) is 5.10 Å². The van der Waals surface area contributed by atoms with Crippen LogP contribution in [0, 0.1) is 0 Å². The van der Waals surface area contributed by atoms with Crippen molar-refractivity contribution in [2.24, 2.45) is 0 Å². The molecule has 140 valence electrons. The monoisotopic (exact) mass is 402 g/mol. The van der Waals surface area contributed by atoms with Gasteiger partial charge in [0, 0.05) is 23.7 Å². The zero-order chi connectivity index (χ0) is 18.9. The fraction of sp³-hybridized carbons (Fsp3) is 0.263. The first-order valence-corrected chi connectivity index (χ1v) is 10.7. The summed E-state index contributed by atoms with van der Waals surface area (Å²) in [6.45, 7) is 0.897. The van der Waals surface area contributed by atoms with E-state index in [4.69, 9.17) is 11.6 Å². The lowest BCUT2D eigenvalue weighted by molar-refractivity contribution is 0.428. The molecule has 1 unspecified atom stereocenters. The Hall–Kier alpha value is -2.22. The first-order chi connectivity index (χ1) is 13.0. The van der Waals surface area contributed by atoms with Crippen LogP contribution < -0.4 is 0 Å². The molecule has 0 bridgehead atoms. The van der Waals surface area contributed by atoms with Crippen LogP contribution in [0.2, 0.25) is 5.02 Å². The molecule has 0 N–H and O–H groups in total. The number of aromatic nitrogens is 3. The predicted octanol–water partition coefficient (Wildman–Crippen LogP) is 3.38. The topological polar surface area (TPSA) is 68.1 Å². The molecule has 1 atom stereocenters. The molecule has 6 nitrogen and oxygen atoms in total. The maximum Gasteiger partial charge on any atom is 0.218 e. The van der Waals surface area contributed by atoms with Crippen molar-refractivity contribution in [1.29, 1.82) is 0 Å². The molecule has 1 fully saturated rings. The molecule has 27 heavy (non-hydrogen) atoms. The maximum atomic E-state index is 12.7. The molecule has 0 amide bonds. The van der Waals surface area contributed by atoms with Crippen LogP contribution in [-0.2, 0) is 15.8 Å². The third kappa shape index (κ3) is 4.05. The highest BCUT2D eigenvalue weighted by molar-refractivity contribution is 7.88. The highest BCUT2D eigenvalue weighted by Crippen LogP contribution is 2.26. The molecule has 2 aromatic carbocycles. The molecule has 8 heteroatoms. The van der Waals surface area contributed by atoms with Gasteiger partial charge in [-0.2, -0.15) is 4.31 Å². The number of hydrogen-bond acceptors (Lipinski definition) is 4. The smallest absolute Gasteiger partial charge is 0.218 e. The van der Waals surface area contributed by atoms with Crippen molar-refractivity contribution in [2.45, 2.75) is 18.2 Å². The average Bonchev–Trinajstić information content (AvgIpc) is 3.34. The molecule has 0 spiro atoms. The molecule has 1 saturated heterocycles. The molecule has 0 radical (unpaired) electrons. The van der Waals surface area contributed by atoms with Gasteiger partial charge in [0.05, 0.1) is 18.0 Å². The first kappa shape index (κ1) is 18.2. The van der Waals surface area contributed by atoms with E-state index in [0.717, 1.165) is 23.2 Å². The van der Waals surface area contributed by atoms with Crippen LogP contribution in [0.15, 0.2) is 60.8 Å². The zero-order valence-corrected chi connectivity index (χ0v) is 16.1. The quantitative estimate of drug-likeness (QED) is 0.656. The second-order valence-corrected chi connectivity index (χ2v) is 9.04. The average molecular weight is 403 g/mol. The fourth-order valence-corrected chi connectivity index (χ4v) is 4.96. The normalized spacial score (nSPS) is 18.0. The zero-order valence-electron chi connectivity index (χ0n) is 14.6. The maximum absolute atomic E-state index is 12.7. The van der Waals surface area contributed by atoms with Crippen LogP contribution in [-0.4, -0.2) is 40.8 Å². The van der Waals surface area contributed by atoms with Gasteiger partial charge in [0.2, 0.25) is 10.0 Å². The Morgan fingerprint density at radius 1 is 1.07 bits per heavy atom. The summed E-state index contributed by atoms with van der Waals surface area (Å²) in [5, 5.41) is 9.04. The molecular weight excluding hydrogens is 384 g/mol. The standard InChI is InChI=1S/C19H19ClN4O2S/c20-17-8-6-15(7-9-17)14-27(25,26)23-11-10-18(12-23)24-13-19(21-22-24)16-4-2-1-3-5-16/h1-9,13,18H,10-12,14H2. The van der Waals surface area contributed by atoms with Gasteiger partial charge in [0.1, 0.15) is 5.69 Å². The van der Waals surface area contributed by atoms with Crippen molar-refractivity contribution in [3.8, 4) is 11.3 Å². The SMILES string of the molecule is O=S(=O)(Cc1ccc(Cl)cc1)N1CCC(n2cc(-c3ccccc3)nn2)C1. The summed E-state index contributed by atoms with van der Waals surface area (Å²) in [6, 6.07) is 16.7. The lowest BCUT2D eigenvalue weighted by atomic mass is 10.2. The van der Waals surface area contributed by atoms with Crippen molar-refractivity contribution >= 4 is 21.6 Å². The third-order valence-electron chi connectivity index (χ3n) is 4.74. The van der Waals surface area contributed by atoms with Crippen LogP contribution in [0.3, 0.4) is 0 Å². The lowest BCUT2D eigenvalue weighted by Crippen LogP contribution is -2.30. The number of halogens is 1. The number of benzene rings is 2. The molecule has 2 heterocycles. The Labute approximate surface area is 163 Å². The number of sulfonamides is 1. The van der Waals surface area contributed by atoms with Crippen molar-refractivity contribution in [3.05, 3.63) is 71.4 Å². The van der Waals surface area contributed by atoms with Gasteiger partial charge in [-0.3, -0.25) is 0 Å². The van der Waals surface area contributed by atoms with Gasteiger partial charge in [-0.05, 0) is 24.1 Å².